The maximum absolute atomic E-state index is 12.5. The molecule has 152 valence electrons. The van der Waals surface area contributed by atoms with Crippen LogP contribution in [-0.2, 0) is 11.4 Å². The molecule has 2 aromatic rings. The van der Waals surface area contributed by atoms with Crippen LogP contribution in [0.5, 0.6) is 11.5 Å². The Morgan fingerprint density at radius 1 is 1.07 bits per heavy atom. The van der Waals surface area contributed by atoms with Gasteiger partial charge in [-0.25, -0.2) is 0 Å². The number of thioether (sulfide) groups is 1. The zero-order valence-electron chi connectivity index (χ0n) is 17.1. The lowest BCUT2D eigenvalue weighted by Crippen LogP contribution is -2.31. The molecule has 5 nitrogen and oxygen atoms in total. The SMILES string of the molecule is COc1cc(/C=C2/SC(=O)N(CC(C)C)C2=O)ccc1OCc1ccc(C)cc1. The molecule has 0 aliphatic carbocycles. The number of benzene rings is 2. The van der Waals surface area contributed by atoms with Gasteiger partial charge in [-0.1, -0.05) is 49.7 Å². The van der Waals surface area contributed by atoms with E-state index in [1.54, 1.807) is 19.3 Å². The lowest BCUT2D eigenvalue weighted by atomic mass is 10.1. The number of hydrogen-bond acceptors (Lipinski definition) is 5. The predicted molar refractivity (Wildman–Crippen MR) is 116 cm³/mol. The first kappa shape index (κ1) is 21.0. The van der Waals surface area contributed by atoms with Gasteiger partial charge in [-0.05, 0) is 53.9 Å². The van der Waals surface area contributed by atoms with Gasteiger partial charge in [-0.15, -0.1) is 0 Å². The summed E-state index contributed by atoms with van der Waals surface area (Å²) >= 11 is 0.971. The van der Waals surface area contributed by atoms with Crippen molar-refractivity contribution in [2.75, 3.05) is 13.7 Å². The molecule has 1 aliphatic heterocycles. The Balaban J connectivity index is 1.74. The van der Waals surface area contributed by atoms with Crippen LogP contribution in [0.3, 0.4) is 0 Å². The molecular weight excluding hydrogens is 386 g/mol. The molecule has 0 bridgehead atoms. The highest BCUT2D eigenvalue weighted by Crippen LogP contribution is 2.35. The Bertz CT molecular complexity index is 934. The number of rotatable bonds is 7. The minimum Gasteiger partial charge on any atom is -0.493 e. The Kier molecular flexibility index (Phi) is 6.64. The number of nitrogens with zero attached hydrogens (tertiary/aromatic N) is 1. The third-order valence-electron chi connectivity index (χ3n) is 4.42. The number of carbonyl (C=O) groups is 2. The quantitative estimate of drug-likeness (QED) is 0.581. The van der Waals surface area contributed by atoms with Crippen LogP contribution in [0.2, 0.25) is 0 Å². The Morgan fingerprint density at radius 3 is 2.45 bits per heavy atom. The van der Waals surface area contributed by atoms with Crippen molar-refractivity contribution >= 4 is 29.0 Å². The predicted octanol–water partition coefficient (Wildman–Crippen LogP) is 5.27. The molecule has 1 saturated heterocycles. The number of amides is 2. The zero-order chi connectivity index (χ0) is 21.0. The van der Waals surface area contributed by atoms with E-state index in [-0.39, 0.29) is 17.1 Å². The monoisotopic (exact) mass is 411 g/mol. The maximum Gasteiger partial charge on any atom is 0.293 e. The van der Waals surface area contributed by atoms with Gasteiger partial charge in [0.15, 0.2) is 11.5 Å². The van der Waals surface area contributed by atoms with Crippen LogP contribution in [0.25, 0.3) is 6.08 Å². The van der Waals surface area contributed by atoms with Crippen LogP contribution in [0.4, 0.5) is 4.79 Å². The molecule has 2 amide bonds. The van der Waals surface area contributed by atoms with Crippen LogP contribution in [0.1, 0.15) is 30.5 Å². The molecule has 6 heteroatoms. The van der Waals surface area contributed by atoms with Gasteiger partial charge >= 0.3 is 0 Å². The summed E-state index contributed by atoms with van der Waals surface area (Å²) in [6.07, 6.45) is 1.72. The average Bonchev–Trinajstić information content (AvgIpc) is 2.95. The normalized spacial score (nSPS) is 15.5. The van der Waals surface area contributed by atoms with Crippen molar-refractivity contribution in [3.8, 4) is 11.5 Å². The van der Waals surface area contributed by atoms with Crippen molar-refractivity contribution in [3.05, 3.63) is 64.1 Å². The Hall–Kier alpha value is -2.73. The number of carbonyl (C=O) groups excluding carboxylic acids is 2. The van der Waals surface area contributed by atoms with E-state index in [0.717, 1.165) is 22.9 Å². The minimum atomic E-state index is -0.243. The van der Waals surface area contributed by atoms with E-state index >= 15 is 0 Å². The second-order valence-electron chi connectivity index (χ2n) is 7.37. The highest BCUT2D eigenvalue weighted by molar-refractivity contribution is 8.18. The average molecular weight is 412 g/mol. The molecule has 2 aromatic carbocycles. The van der Waals surface area contributed by atoms with Crippen LogP contribution in [-0.4, -0.2) is 29.7 Å². The zero-order valence-corrected chi connectivity index (χ0v) is 17.9. The lowest BCUT2D eigenvalue weighted by Gasteiger charge is -2.14. The number of methoxy groups -OCH3 is 1. The summed E-state index contributed by atoms with van der Waals surface area (Å²) in [5.74, 6) is 1.19. The van der Waals surface area contributed by atoms with E-state index in [9.17, 15) is 9.59 Å². The number of ether oxygens (including phenoxy) is 2. The summed E-state index contributed by atoms with van der Waals surface area (Å²) in [5.41, 5.74) is 3.05. The first-order valence-electron chi connectivity index (χ1n) is 9.49. The maximum atomic E-state index is 12.5. The van der Waals surface area contributed by atoms with Crippen molar-refractivity contribution in [2.45, 2.75) is 27.4 Å². The van der Waals surface area contributed by atoms with Gasteiger partial charge in [-0.3, -0.25) is 14.5 Å². The van der Waals surface area contributed by atoms with Crippen molar-refractivity contribution in [1.29, 1.82) is 0 Å². The second-order valence-corrected chi connectivity index (χ2v) is 8.36. The van der Waals surface area contributed by atoms with Gasteiger partial charge in [0, 0.05) is 6.54 Å². The van der Waals surface area contributed by atoms with E-state index in [2.05, 4.69) is 0 Å². The van der Waals surface area contributed by atoms with Gasteiger partial charge in [0.1, 0.15) is 6.61 Å². The highest BCUT2D eigenvalue weighted by atomic mass is 32.2. The molecular formula is C23H25NO4S. The third-order valence-corrected chi connectivity index (χ3v) is 5.33. The van der Waals surface area contributed by atoms with Crippen LogP contribution < -0.4 is 9.47 Å². The first-order valence-corrected chi connectivity index (χ1v) is 10.3. The number of hydrogen-bond donors (Lipinski definition) is 0. The van der Waals surface area contributed by atoms with Crippen LogP contribution in [0, 0.1) is 12.8 Å². The number of imide groups is 1. The molecule has 0 N–H and O–H groups in total. The molecule has 0 saturated carbocycles. The summed E-state index contributed by atoms with van der Waals surface area (Å²) in [5, 5.41) is -0.222. The lowest BCUT2D eigenvalue weighted by molar-refractivity contribution is -0.123. The molecule has 0 aromatic heterocycles. The smallest absolute Gasteiger partial charge is 0.293 e. The first-order chi connectivity index (χ1) is 13.9. The standard InChI is InChI=1S/C23H25NO4S/c1-15(2)13-24-22(25)21(29-23(24)26)12-18-9-10-19(20(11-18)27-4)28-14-17-7-5-16(3)6-8-17/h5-12,15H,13-14H2,1-4H3/b21-12+. The van der Waals surface area contributed by atoms with Gasteiger partial charge in [0.2, 0.25) is 0 Å². The molecule has 1 heterocycles. The van der Waals surface area contributed by atoms with Crippen LogP contribution >= 0.6 is 11.8 Å². The van der Waals surface area contributed by atoms with E-state index in [4.69, 9.17) is 9.47 Å². The molecule has 0 atom stereocenters. The molecule has 3 rings (SSSR count). The van der Waals surface area contributed by atoms with Gasteiger partial charge in [0.25, 0.3) is 11.1 Å². The highest BCUT2D eigenvalue weighted by Gasteiger charge is 2.35. The van der Waals surface area contributed by atoms with Crippen molar-refractivity contribution in [1.82, 2.24) is 4.90 Å². The minimum absolute atomic E-state index is 0.222. The summed E-state index contributed by atoms with van der Waals surface area (Å²) in [7, 11) is 1.58. The van der Waals surface area contributed by atoms with E-state index < -0.39 is 0 Å². The second kappa shape index (κ2) is 9.18. The van der Waals surface area contributed by atoms with E-state index in [0.29, 0.717) is 29.6 Å². The molecule has 29 heavy (non-hydrogen) atoms. The topological polar surface area (TPSA) is 55.8 Å². The van der Waals surface area contributed by atoms with Crippen molar-refractivity contribution in [3.63, 3.8) is 0 Å². The molecule has 0 unspecified atom stereocenters. The largest absolute Gasteiger partial charge is 0.493 e. The fourth-order valence-electron chi connectivity index (χ4n) is 2.91. The fraction of sp³-hybridized carbons (Fsp3) is 0.304. The van der Waals surface area contributed by atoms with Gasteiger partial charge in [-0.2, -0.15) is 0 Å². The van der Waals surface area contributed by atoms with Crippen LogP contribution in [0.15, 0.2) is 47.4 Å². The summed E-state index contributed by atoms with van der Waals surface area (Å²) in [6, 6.07) is 13.6. The van der Waals surface area contributed by atoms with Crippen molar-refractivity contribution in [2.24, 2.45) is 5.92 Å². The van der Waals surface area contributed by atoms with Crippen molar-refractivity contribution < 1.29 is 19.1 Å². The molecule has 0 spiro atoms. The Labute approximate surface area is 175 Å². The summed E-state index contributed by atoms with van der Waals surface area (Å²) < 4.78 is 11.4. The van der Waals surface area contributed by atoms with Gasteiger partial charge < -0.3 is 9.47 Å². The molecule has 0 radical (unpaired) electrons. The number of aryl methyl sites for hydroxylation is 1. The fourth-order valence-corrected chi connectivity index (χ4v) is 3.76. The summed E-state index contributed by atoms with van der Waals surface area (Å²) in [4.78, 5) is 26.4. The third kappa shape index (κ3) is 5.21. The molecule has 1 aliphatic rings. The van der Waals surface area contributed by atoms with E-state index in [1.165, 1.54) is 10.5 Å². The summed E-state index contributed by atoms with van der Waals surface area (Å²) in [6.45, 7) is 6.87. The van der Waals surface area contributed by atoms with E-state index in [1.807, 2.05) is 57.2 Å². The van der Waals surface area contributed by atoms with Gasteiger partial charge in [0.05, 0.1) is 12.0 Å². The Morgan fingerprint density at radius 2 is 1.79 bits per heavy atom. The molecule has 1 fully saturated rings.